The van der Waals surface area contributed by atoms with Gasteiger partial charge in [-0.2, -0.15) is 0 Å². The fourth-order valence-corrected chi connectivity index (χ4v) is 3.12. The van der Waals surface area contributed by atoms with Crippen molar-refractivity contribution in [1.29, 1.82) is 0 Å². The van der Waals surface area contributed by atoms with E-state index in [0.29, 0.717) is 6.54 Å². The lowest BCUT2D eigenvalue weighted by molar-refractivity contribution is 0.194. The van der Waals surface area contributed by atoms with E-state index in [1.54, 1.807) is 0 Å². The molecule has 1 amide bonds. The minimum atomic E-state index is -0.975. The van der Waals surface area contributed by atoms with Crippen molar-refractivity contribution >= 4 is 6.09 Å². The van der Waals surface area contributed by atoms with E-state index in [9.17, 15) is 4.79 Å². The molecule has 0 saturated heterocycles. The quantitative estimate of drug-likeness (QED) is 0.395. The highest BCUT2D eigenvalue weighted by Gasteiger charge is 2.15. The number of carboxylic acid groups (broad SMARTS) is 1. The second kappa shape index (κ2) is 10.3. The van der Waals surface area contributed by atoms with Crippen molar-refractivity contribution in [2.45, 2.75) is 31.8 Å². The zero-order valence-electron chi connectivity index (χ0n) is 15.8. The average molecular weight is 378 g/mol. The molecule has 3 rings (SSSR count). The molecule has 0 bridgehead atoms. The third-order valence-corrected chi connectivity index (χ3v) is 4.60. The van der Waals surface area contributed by atoms with E-state index >= 15 is 0 Å². The number of amides is 1. The molecule has 0 aliphatic rings. The van der Waals surface area contributed by atoms with Gasteiger partial charge in [0, 0.05) is 13.1 Å². The van der Waals surface area contributed by atoms with Crippen LogP contribution in [0.3, 0.4) is 0 Å². The predicted octanol–water partition coefficient (Wildman–Crippen LogP) is 4.35. The molecule has 0 aliphatic carbocycles. The van der Waals surface area contributed by atoms with Crippen LogP contribution in [0.25, 0.3) is 11.3 Å². The molecule has 3 aromatic rings. The van der Waals surface area contributed by atoms with Gasteiger partial charge in [-0.1, -0.05) is 60.7 Å². The van der Waals surface area contributed by atoms with E-state index in [1.807, 2.05) is 42.6 Å². The molecule has 0 spiro atoms. The van der Waals surface area contributed by atoms with Crippen LogP contribution >= 0.6 is 0 Å². The van der Waals surface area contributed by atoms with Crippen LogP contribution in [0.4, 0.5) is 4.79 Å². The van der Waals surface area contributed by atoms with E-state index in [1.165, 1.54) is 5.56 Å². The van der Waals surface area contributed by atoms with Gasteiger partial charge in [0.25, 0.3) is 0 Å². The first-order chi connectivity index (χ1) is 13.7. The summed E-state index contributed by atoms with van der Waals surface area (Å²) in [5, 5.41) is 14.7. The first-order valence-electron chi connectivity index (χ1n) is 9.57. The molecule has 146 valence electrons. The number of carbonyl (C=O) groups is 1. The molecule has 2 aromatic carbocycles. The zero-order valence-corrected chi connectivity index (χ0v) is 15.8. The molecule has 1 aromatic heterocycles. The third-order valence-electron chi connectivity index (χ3n) is 4.60. The van der Waals surface area contributed by atoms with Crippen molar-refractivity contribution in [3.05, 3.63) is 78.2 Å². The summed E-state index contributed by atoms with van der Waals surface area (Å²) in [7, 11) is 0. The highest BCUT2D eigenvalue weighted by atomic mass is 16.4. The van der Waals surface area contributed by atoms with Gasteiger partial charge in [0.15, 0.2) is 0 Å². The average Bonchev–Trinajstić information content (AvgIpc) is 3.21. The van der Waals surface area contributed by atoms with Crippen molar-refractivity contribution in [2.24, 2.45) is 0 Å². The largest absolute Gasteiger partial charge is 0.465 e. The van der Waals surface area contributed by atoms with Crippen molar-refractivity contribution in [1.82, 2.24) is 20.6 Å². The van der Waals surface area contributed by atoms with E-state index in [0.717, 1.165) is 42.9 Å². The highest BCUT2D eigenvalue weighted by molar-refractivity contribution is 5.64. The van der Waals surface area contributed by atoms with Gasteiger partial charge in [-0.05, 0) is 30.4 Å². The number of hydrogen-bond donors (Lipinski definition) is 4. The lowest BCUT2D eigenvalue weighted by Gasteiger charge is -2.17. The molecule has 6 heteroatoms. The van der Waals surface area contributed by atoms with Crippen LogP contribution in [0.15, 0.2) is 66.9 Å². The lowest BCUT2D eigenvalue weighted by atomic mass is 10.1. The van der Waals surface area contributed by atoms with Gasteiger partial charge in [0.05, 0.1) is 17.9 Å². The topological polar surface area (TPSA) is 90.0 Å². The Morgan fingerprint density at radius 2 is 1.75 bits per heavy atom. The maximum absolute atomic E-state index is 10.6. The van der Waals surface area contributed by atoms with Gasteiger partial charge in [-0.25, -0.2) is 9.78 Å². The molecule has 28 heavy (non-hydrogen) atoms. The molecule has 6 nitrogen and oxygen atoms in total. The van der Waals surface area contributed by atoms with Gasteiger partial charge < -0.3 is 20.7 Å². The van der Waals surface area contributed by atoms with Crippen LogP contribution in [0.5, 0.6) is 0 Å². The SMILES string of the molecule is O=C(O)NCCCC[C@H](NCc1ccccc1)c1ncc(-c2ccccc2)[nH]1. The minimum absolute atomic E-state index is 0.0718. The summed E-state index contributed by atoms with van der Waals surface area (Å²) in [6.07, 6.45) is 3.46. The first-order valence-corrected chi connectivity index (χ1v) is 9.57. The molecule has 0 saturated carbocycles. The number of aromatic nitrogens is 2. The Kier molecular flexibility index (Phi) is 7.21. The van der Waals surface area contributed by atoms with Gasteiger partial charge in [0.1, 0.15) is 5.82 Å². The Morgan fingerprint density at radius 3 is 2.46 bits per heavy atom. The summed E-state index contributed by atoms with van der Waals surface area (Å²) >= 11 is 0. The van der Waals surface area contributed by atoms with E-state index in [-0.39, 0.29) is 6.04 Å². The number of H-pyrrole nitrogens is 1. The van der Waals surface area contributed by atoms with Gasteiger partial charge in [-0.3, -0.25) is 0 Å². The van der Waals surface area contributed by atoms with Gasteiger partial charge in [-0.15, -0.1) is 0 Å². The fraction of sp³-hybridized carbons (Fsp3) is 0.273. The summed E-state index contributed by atoms with van der Waals surface area (Å²) in [6.45, 7) is 1.22. The van der Waals surface area contributed by atoms with Crippen LogP contribution < -0.4 is 10.6 Å². The molecule has 1 atom stereocenters. The van der Waals surface area contributed by atoms with Crippen LogP contribution in [0.1, 0.15) is 36.7 Å². The molecular weight excluding hydrogens is 352 g/mol. The fourth-order valence-electron chi connectivity index (χ4n) is 3.12. The number of benzene rings is 2. The summed E-state index contributed by atoms with van der Waals surface area (Å²) in [5.74, 6) is 0.904. The smallest absolute Gasteiger partial charge is 0.404 e. The molecule has 1 heterocycles. The van der Waals surface area contributed by atoms with E-state index in [2.05, 4.69) is 44.9 Å². The van der Waals surface area contributed by atoms with Crippen molar-refractivity contribution in [2.75, 3.05) is 6.54 Å². The molecule has 0 fully saturated rings. The van der Waals surface area contributed by atoms with Crippen LogP contribution in [0, 0.1) is 0 Å². The third kappa shape index (κ3) is 5.96. The Hall–Kier alpha value is -3.12. The maximum atomic E-state index is 10.6. The van der Waals surface area contributed by atoms with Gasteiger partial charge in [0.2, 0.25) is 0 Å². The van der Waals surface area contributed by atoms with Crippen molar-refractivity contribution < 1.29 is 9.90 Å². The highest BCUT2D eigenvalue weighted by Crippen LogP contribution is 2.22. The number of hydrogen-bond acceptors (Lipinski definition) is 3. The van der Waals surface area contributed by atoms with E-state index in [4.69, 9.17) is 5.11 Å². The Balaban J connectivity index is 1.64. The van der Waals surface area contributed by atoms with Crippen LogP contribution in [0.2, 0.25) is 0 Å². The molecular formula is C22H26N4O2. The van der Waals surface area contributed by atoms with E-state index < -0.39 is 6.09 Å². The summed E-state index contributed by atoms with van der Waals surface area (Å²) < 4.78 is 0. The Bertz CT molecular complexity index is 849. The van der Waals surface area contributed by atoms with Crippen LogP contribution in [-0.2, 0) is 6.54 Å². The molecule has 0 radical (unpaired) electrons. The second-order valence-electron chi connectivity index (χ2n) is 6.69. The number of rotatable bonds is 10. The lowest BCUT2D eigenvalue weighted by Crippen LogP contribution is -2.24. The first kappa shape index (κ1) is 19.6. The van der Waals surface area contributed by atoms with Crippen LogP contribution in [-0.4, -0.2) is 27.7 Å². The summed E-state index contributed by atoms with van der Waals surface area (Å²) in [6, 6.07) is 20.5. The normalized spacial score (nSPS) is 11.9. The number of aromatic amines is 1. The number of nitrogens with zero attached hydrogens (tertiary/aromatic N) is 1. The zero-order chi connectivity index (χ0) is 19.6. The summed E-state index contributed by atoms with van der Waals surface area (Å²) in [5.41, 5.74) is 3.32. The van der Waals surface area contributed by atoms with Crippen molar-refractivity contribution in [3.8, 4) is 11.3 Å². The second-order valence-corrected chi connectivity index (χ2v) is 6.69. The van der Waals surface area contributed by atoms with Gasteiger partial charge >= 0.3 is 6.09 Å². The standard InChI is InChI=1S/C22H26N4O2/c27-22(28)23-14-8-7-13-19(24-15-17-9-3-1-4-10-17)21-25-16-20(26-21)18-11-5-2-6-12-18/h1-6,9-12,16,19,23-24H,7-8,13-15H2,(H,25,26)(H,27,28)/t19-/m0/s1. The minimum Gasteiger partial charge on any atom is -0.465 e. The molecule has 0 unspecified atom stereocenters. The Labute approximate surface area is 165 Å². The number of nitrogens with one attached hydrogen (secondary N) is 3. The maximum Gasteiger partial charge on any atom is 0.404 e. The monoisotopic (exact) mass is 378 g/mol. The predicted molar refractivity (Wildman–Crippen MR) is 110 cm³/mol. The number of unbranched alkanes of at least 4 members (excludes halogenated alkanes) is 1. The Morgan fingerprint density at radius 1 is 1.04 bits per heavy atom. The molecule has 0 aliphatic heterocycles. The number of imidazole rings is 1. The summed E-state index contributed by atoms with van der Waals surface area (Å²) in [4.78, 5) is 18.6. The van der Waals surface area contributed by atoms with Crippen molar-refractivity contribution in [3.63, 3.8) is 0 Å². The molecule has 4 N–H and O–H groups in total.